The van der Waals surface area contributed by atoms with Crippen LogP contribution in [0.3, 0.4) is 0 Å². The topological polar surface area (TPSA) is 67.8 Å². The molecule has 2 aromatic heterocycles. The maximum Gasteiger partial charge on any atom is 0.258 e. The van der Waals surface area contributed by atoms with Gasteiger partial charge in [-0.3, -0.25) is 9.78 Å². The quantitative estimate of drug-likeness (QED) is 0.495. The number of carbonyl (C=O) groups excluding carboxylic acids is 1. The number of anilines is 1. The zero-order valence-electron chi connectivity index (χ0n) is 18.0. The number of nitrogens with one attached hydrogen (secondary N) is 1. The van der Waals surface area contributed by atoms with Gasteiger partial charge in [0.25, 0.3) is 5.91 Å². The first-order chi connectivity index (χ1) is 15.7. The summed E-state index contributed by atoms with van der Waals surface area (Å²) in [6.45, 7) is 3.82. The van der Waals surface area contributed by atoms with Crippen molar-refractivity contribution in [3.8, 4) is 11.1 Å². The van der Waals surface area contributed by atoms with Crippen molar-refractivity contribution in [2.45, 2.75) is 50.9 Å². The molecule has 0 spiro atoms. The van der Waals surface area contributed by atoms with Crippen molar-refractivity contribution in [1.29, 1.82) is 0 Å². The molecule has 0 bridgehead atoms. The lowest BCUT2D eigenvalue weighted by atomic mass is 9.95. The van der Waals surface area contributed by atoms with E-state index >= 15 is 0 Å². The summed E-state index contributed by atoms with van der Waals surface area (Å²) in [7, 11) is 0. The number of pyridine rings is 1. The van der Waals surface area contributed by atoms with Gasteiger partial charge in [-0.15, -0.1) is 0 Å². The second kappa shape index (κ2) is 9.25. The van der Waals surface area contributed by atoms with Gasteiger partial charge in [0, 0.05) is 41.6 Å². The van der Waals surface area contributed by atoms with Crippen LogP contribution >= 0.6 is 0 Å². The molecule has 1 aromatic carbocycles. The van der Waals surface area contributed by atoms with Crippen molar-refractivity contribution >= 4 is 11.6 Å². The van der Waals surface area contributed by atoms with Gasteiger partial charge in [0.1, 0.15) is 29.8 Å². The molecular weight excluding hydrogens is 436 g/mol. The van der Waals surface area contributed by atoms with Gasteiger partial charge in [0.05, 0.1) is 16.9 Å². The molecule has 172 valence electrons. The number of rotatable bonds is 5. The van der Waals surface area contributed by atoms with Gasteiger partial charge in [-0.05, 0) is 37.1 Å². The summed E-state index contributed by atoms with van der Waals surface area (Å²) >= 11 is 0. The zero-order chi connectivity index (χ0) is 23.7. The number of amides is 1. The lowest BCUT2D eigenvalue weighted by molar-refractivity contribution is 0.102. The molecule has 4 rings (SSSR count). The van der Waals surface area contributed by atoms with Crippen LogP contribution in [-0.4, -0.2) is 33.2 Å². The molecule has 0 aliphatic heterocycles. The van der Waals surface area contributed by atoms with Gasteiger partial charge in [0.2, 0.25) is 0 Å². The average Bonchev–Trinajstić information content (AvgIpc) is 3.13. The van der Waals surface area contributed by atoms with E-state index in [1.165, 1.54) is 24.7 Å². The highest BCUT2D eigenvalue weighted by Crippen LogP contribution is 2.43. The monoisotopic (exact) mass is 458 g/mol. The van der Waals surface area contributed by atoms with E-state index in [2.05, 4.69) is 20.3 Å². The molecule has 1 fully saturated rings. The normalized spacial score (nSPS) is 20.3. The van der Waals surface area contributed by atoms with Gasteiger partial charge < -0.3 is 5.32 Å². The second-order valence-electron chi connectivity index (χ2n) is 8.38. The Hall–Kier alpha value is -3.36. The third-order valence-corrected chi connectivity index (χ3v) is 5.69. The highest BCUT2D eigenvalue weighted by atomic mass is 19.2. The summed E-state index contributed by atoms with van der Waals surface area (Å²) in [5, 5.41) is 2.68. The van der Waals surface area contributed by atoms with Crippen LogP contribution in [0.15, 0.2) is 42.9 Å². The van der Waals surface area contributed by atoms with Crippen LogP contribution in [-0.2, 0) is 0 Å². The van der Waals surface area contributed by atoms with Crippen LogP contribution in [0.2, 0.25) is 0 Å². The zero-order valence-corrected chi connectivity index (χ0v) is 18.0. The van der Waals surface area contributed by atoms with Crippen molar-refractivity contribution in [2.75, 3.05) is 5.32 Å². The van der Waals surface area contributed by atoms with Crippen LogP contribution < -0.4 is 5.32 Å². The Balaban J connectivity index is 1.78. The van der Waals surface area contributed by atoms with Crippen molar-refractivity contribution in [3.63, 3.8) is 0 Å². The molecule has 1 saturated carbocycles. The number of hydrogen-bond acceptors (Lipinski definition) is 4. The highest BCUT2D eigenvalue weighted by Gasteiger charge is 2.38. The third-order valence-electron chi connectivity index (χ3n) is 5.69. The van der Waals surface area contributed by atoms with E-state index in [1.54, 1.807) is 0 Å². The Morgan fingerprint density at radius 2 is 1.67 bits per heavy atom. The van der Waals surface area contributed by atoms with E-state index in [9.17, 15) is 22.4 Å². The highest BCUT2D eigenvalue weighted by molar-refractivity contribution is 6.06. The van der Waals surface area contributed by atoms with Gasteiger partial charge in [0.15, 0.2) is 0 Å². The maximum atomic E-state index is 14.6. The van der Waals surface area contributed by atoms with Gasteiger partial charge in [-0.2, -0.15) is 0 Å². The van der Waals surface area contributed by atoms with E-state index in [1.807, 2.05) is 13.8 Å². The number of aromatic nitrogens is 3. The summed E-state index contributed by atoms with van der Waals surface area (Å²) in [5.41, 5.74) is 0.478. The Bertz CT molecular complexity index is 1160. The molecule has 5 nitrogen and oxygen atoms in total. The fourth-order valence-corrected chi connectivity index (χ4v) is 3.94. The van der Waals surface area contributed by atoms with Crippen LogP contribution in [0.25, 0.3) is 11.1 Å². The molecule has 33 heavy (non-hydrogen) atoms. The molecule has 1 N–H and O–H groups in total. The molecule has 3 aromatic rings. The SMILES string of the molecule is CC(C)c1ncc(C(=O)Nc2c(-c3cc(F)ccc3F)ccnc2C2CC(F)[C@H](F)C2)cn1. The molecule has 1 amide bonds. The first-order valence-electron chi connectivity index (χ1n) is 10.6. The second-order valence-corrected chi connectivity index (χ2v) is 8.38. The average molecular weight is 458 g/mol. The fraction of sp³-hybridized carbons (Fsp3) is 0.333. The van der Waals surface area contributed by atoms with Crippen molar-refractivity contribution in [1.82, 2.24) is 15.0 Å². The van der Waals surface area contributed by atoms with Crippen molar-refractivity contribution < 1.29 is 22.4 Å². The summed E-state index contributed by atoms with van der Waals surface area (Å²) < 4.78 is 56.4. The fourth-order valence-electron chi connectivity index (χ4n) is 3.94. The Morgan fingerprint density at radius 1 is 1.00 bits per heavy atom. The number of halogens is 4. The van der Waals surface area contributed by atoms with E-state index < -0.39 is 35.8 Å². The summed E-state index contributed by atoms with van der Waals surface area (Å²) in [6.07, 6.45) is 0.501. The number of alkyl halides is 2. The van der Waals surface area contributed by atoms with Gasteiger partial charge in [-0.25, -0.2) is 27.5 Å². The predicted octanol–water partition coefficient (Wildman–Crippen LogP) is 5.75. The van der Waals surface area contributed by atoms with Crippen LogP contribution in [0.5, 0.6) is 0 Å². The molecule has 1 aliphatic rings. The van der Waals surface area contributed by atoms with Crippen molar-refractivity contribution in [3.05, 3.63) is 71.6 Å². The van der Waals surface area contributed by atoms with Gasteiger partial charge >= 0.3 is 0 Å². The molecule has 0 saturated heterocycles. The van der Waals surface area contributed by atoms with Crippen LogP contribution in [0.4, 0.5) is 23.2 Å². The lowest BCUT2D eigenvalue weighted by Crippen LogP contribution is -2.17. The molecule has 2 heterocycles. The molecule has 0 radical (unpaired) electrons. The predicted molar refractivity (Wildman–Crippen MR) is 115 cm³/mol. The molecule has 3 atom stereocenters. The minimum Gasteiger partial charge on any atom is -0.320 e. The third kappa shape index (κ3) is 4.72. The number of benzene rings is 1. The molecular formula is C24H22F4N4O. The van der Waals surface area contributed by atoms with Gasteiger partial charge in [-0.1, -0.05) is 13.8 Å². The first-order valence-corrected chi connectivity index (χ1v) is 10.6. The standard InChI is InChI=1S/C24H22F4N4O/c1-12(2)23-30-10-14(11-31-23)24(33)32-22-16(17-9-15(25)3-4-18(17)26)5-6-29-21(22)13-7-19(27)20(28)8-13/h3-6,9-13,19-20H,7-8H2,1-2H3,(H,32,33)/t13?,19-,20?/m1/s1. The maximum absolute atomic E-state index is 14.6. The smallest absolute Gasteiger partial charge is 0.258 e. The largest absolute Gasteiger partial charge is 0.320 e. The Kier molecular flexibility index (Phi) is 6.40. The summed E-state index contributed by atoms with van der Waals surface area (Å²) in [6, 6.07) is 4.37. The van der Waals surface area contributed by atoms with Crippen LogP contribution in [0, 0.1) is 11.6 Å². The summed E-state index contributed by atoms with van der Waals surface area (Å²) in [4.78, 5) is 25.6. The molecule has 2 unspecified atom stereocenters. The first kappa shape index (κ1) is 22.8. The van der Waals surface area contributed by atoms with E-state index in [0.717, 1.165) is 18.2 Å². The Morgan fingerprint density at radius 3 is 2.30 bits per heavy atom. The number of carbonyl (C=O) groups is 1. The Labute approximate surface area is 188 Å². The molecule has 9 heteroatoms. The van der Waals surface area contributed by atoms with Crippen LogP contribution in [0.1, 0.15) is 60.4 Å². The summed E-state index contributed by atoms with van der Waals surface area (Å²) in [5.74, 6) is -2.00. The minimum absolute atomic E-state index is 0.0688. The van der Waals surface area contributed by atoms with E-state index in [0.29, 0.717) is 5.82 Å². The van der Waals surface area contributed by atoms with E-state index in [4.69, 9.17) is 0 Å². The number of nitrogens with zero attached hydrogens (tertiary/aromatic N) is 3. The van der Waals surface area contributed by atoms with Crippen molar-refractivity contribution in [2.24, 2.45) is 0 Å². The number of hydrogen-bond donors (Lipinski definition) is 1. The molecule has 1 aliphatic carbocycles. The minimum atomic E-state index is -1.66. The van der Waals surface area contributed by atoms with E-state index in [-0.39, 0.29) is 46.8 Å². The lowest BCUT2D eigenvalue weighted by Gasteiger charge is -2.19.